The van der Waals surface area contributed by atoms with Crippen LogP contribution in [0.3, 0.4) is 0 Å². The first-order chi connectivity index (χ1) is 12.9. The molecule has 1 aromatic carbocycles. The average Bonchev–Trinajstić information content (AvgIpc) is 3.15. The number of hydrogen-bond acceptors (Lipinski definition) is 4. The van der Waals surface area contributed by atoms with E-state index in [1.807, 2.05) is 44.2 Å². The van der Waals surface area contributed by atoms with E-state index in [2.05, 4.69) is 35.4 Å². The average molecular weight is 386 g/mol. The molecule has 1 unspecified atom stereocenters. The Labute approximate surface area is 167 Å². The van der Waals surface area contributed by atoms with Crippen LogP contribution < -0.4 is 4.74 Å². The third-order valence-electron chi connectivity index (χ3n) is 5.38. The molecule has 3 nitrogen and oxygen atoms in total. The van der Waals surface area contributed by atoms with Gasteiger partial charge in [0.15, 0.2) is 0 Å². The molecule has 0 bridgehead atoms. The van der Waals surface area contributed by atoms with Crippen LogP contribution in [-0.4, -0.2) is 30.0 Å². The molecule has 0 aliphatic heterocycles. The lowest BCUT2D eigenvalue weighted by atomic mass is 9.86. The van der Waals surface area contributed by atoms with Crippen molar-refractivity contribution >= 4 is 17.3 Å². The van der Waals surface area contributed by atoms with Gasteiger partial charge in [-0.3, -0.25) is 9.69 Å². The fraction of sp³-hybridized carbons (Fsp3) is 0.522. The summed E-state index contributed by atoms with van der Waals surface area (Å²) in [5, 5.41) is 2.16. The van der Waals surface area contributed by atoms with Crippen molar-refractivity contribution in [2.45, 2.75) is 59.4 Å². The molecule has 27 heavy (non-hydrogen) atoms. The van der Waals surface area contributed by atoms with Gasteiger partial charge in [0, 0.05) is 17.5 Å². The normalized spacial score (nSPS) is 17.0. The fourth-order valence-electron chi connectivity index (χ4n) is 3.72. The summed E-state index contributed by atoms with van der Waals surface area (Å²) >= 11 is 1.84. The minimum Gasteiger partial charge on any atom is -0.426 e. The van der Waals surface area contributed by atoms with Crippen molar-refractivity contribution in [2.24, 2.45) is 5.41 Å². The first-order valence-corrected chi connectivity index (χ1v) is 10.9. The van der Waals surface area contributed by atoms with Crippen LogP contribution in [0.4, 0.5) is 0 Å². The van der Waals surface area contributed by atoms with Crippen molar-refractivity contribution in [3.05, 3.63) is 51.7 Å². The van der Waals surface area contributed by atoms with Crippen molar-refractivity contribution < 1.29 is 9.53 Å². The highest BCUT2D eigenvalue weighted by Gasteiger charge is 2.28. The Hall–Kier alpha value is -1.65. The van der Waals surface area contributed by atoms with Gasteiger partial charge < -0.3 is 4.74 Å². The Balaban J connectivity index is 1.68. The quantitative estimate of drug-likeness (QED) is 0.510. The first-order valence-electron chi connectivity index (χ1n) is 9.98. The van der Waals surface area contributed by atoms with Crippen LogP contribution in [0.15, 0.2) is 35.7 Å². The third kappa shape index (κ3) is 4.99. The molecule has 146 valence electrons. The van der Waals surface area contributed by atoms with Gasteiger partial charge in [-0.1, -0.05) is 25.1 Å². The Bertz CT molecular complexity index is 761. The van der Waals surface area contributed by atoms with Gasteiger partial charge in [0.25, 0.3) is 0 Å². The fourth-order valence-corrected chi connectivity index (χ4v) is 4.42. The van der Waals surface area contributed by atoms with Crippen LogP contribution in [0.25, 0.3) is 0 Å². The van der Waals surface area contributed by atoms with E-state index in [0.29, 0.717) is 6.04 Å². The highest BCUT2D eigenvalue weighted by Crippen LogP contribution is 2.33. The number of esters is 1. The second-order valence-corrected chi connectivity index (χ2v) is 9.42. The number of nitrogens with zero attached hydrogens (tertiary/aromatic N) is 1. The van der Waals surface area contributed by atoms with E-state index in [4.69, 9.17) is 4.74 Å². The largest absolute Gasteiger partial charge is 0.426 e. The maximum atomic E-state index is 12.3. The van der Waals surface area contributed by atoms with Gasteiger partial charge in [0.05, 0.1) is 5.41 Å². The van der Waals surface area contributed by atoms with Gasteiger partial charge in [0.2, 0.25) is 0 Å². The van der Waals surface area contributed by atoms with E-state index in [0.717, 1.165) is 44.5 Å². The summed E-state index contributed by atoms with van der Waals surface area (Å²) in [4.78, 5) is 16.4. The lowest BCUT2D eigenvalue weighted by molar-refractivity contribution is -0.143. The molecule has 0 radical (unpaired) electrons. The summed E-state index contributed by atoms with van der Waals surface area (Å²) in [6.45, 7) is 10.1. The minimum atomic E-state index is -0.485. The summed E-state index contributed by atoms with van der Waals surface area (Å²) < 4.78 is 5.74. The van der Waals surface area contributed by atoms with Crippen molar-refractivity contribution in [3.8, 4) is 5.75 Å². The van der Waals surface area contributed by atoms with Gasteiger partial charge >= 0.3 is 5.97 Å². The molecule has 0 fully saturated rings. The summed E-state index contributed by atoms with van der Waals surface area (Å²) in [7, 11) is 0. The van der Waals surface area contributed by atoms with E-state index in [1.54, 1.807) is 0 Å². The maximum absolute atomic E-state index is 12.3. The van der Waals surface area contributed by atoms with Gasteiger partial charge in [0.1, 0.15) is 5.75 Å². The smallest absolute Gasteiger partial charge is 0.316 e. The Kier molecular flexibility index (Phi) is 6.38. The molecule has 4 heteroatoms. The van der Waals surface area contributed by atoms with Crippen molar-refractivity contribution in [1.82, 2.24) is 4.90 Å². The molecule has 0 N–H and O–H groups in total. The third-order valence-corrected chi connectivity index (χ3v) is 6.31. The van der Waals surface area contributed by atoms with Crippen molar-refractivity contribution in [2.75, 3.05) is 13.1 Å². The summed E-state index contributed by atoms with van der Waals surface area (Å²) in [5.41, 5.74) is 2.07. The molecule has 1 heterocycles. The summed E-state index contributed by atoms with van der Waals surface area (Å²) in [6.07, 6.45) is 4.26. The van der Waals surface area contributed by atoms with E-state index < -0.39 is 5.41 Å². The second-order valence-electron chi connectivity index (χ2n) is 8.39. The number of fused-ring (bicyclic) bond motifs is 1. The molecule has 0 saturated carbocycles. The molecule has 1 aliphatic rings. The predicted molar refractivity (Wildman–Crippen MR) is 113 cm³/mol. The Morgan fingerprint density at radius 2 is 2.07 bits per heavy atom. The van der Waals surface area contributed by atoms with Gasteiger partial charge in [-0.05, 0) is 81.6 Å². The molecular weight excluding hydrogens is 354 g/mol. The molecule has 1 aromatic heterocycles. The molecule has 2 aromatic rings. The first kappa shape index (κ1) is 20.1. The zero-order chi connectivity index (χ0) is 19.4. The molecule has 0 saturated heterocycles. The van der Waals surface area contributed by atoms with Crippen molar-refractivity contribution in [1.29, 1.82) is 0 Å². The Morgan fingerprint density at radius 3 is 2.74 bits per heavy atom. The maximum Gasteiger partial charge on any atom is 0.316 e. The Morgan fingerprint density at radius 1 is 1.26 bits per heavy atom. The number of ether oxygens (including phenoxy) is 1. The zero-order valence-electron chi connectivity index (χ0n) is 17.0. The van der Waals surface area contributed by atoms with E-state index in [1.165, 1.54) is 16.0 Å². The predicted octanol–water partition coefficient (Wildman–Crippen LogP) is 5.12. The van der Waals surface area contributed by atoms with E-state index >= 15 is 0 Å². The summed E-state index contributed by atoms with van der Waals surface area (Å²) in [5.74, 6) is 0.594. The monoisotopic (exact) mass is 385 g/mol. The molecule has 0 spiro atoms. The number of rotatable bonds is 6. The van der Waals surface area contributed by atoms with Gasteiger partial charge in [-0.15, -0.1) is 11.3 Å². The minimum absolute atomic E-state index is 0.163. The molecule has 1 atom stereocenters. The molecule has 0 amide bonds. The van der Waals surface area contributed by atoms with Gasteiger partial charge in [-0.2, -0.15) is 0 Å². The molecular formula is C23H31NO2S. The number of likely N-dealkylation sites (N-methyl/N-ethyl adjacent to an activating group) is 1. The van der Waals surface area contributed by atoms with Crippen LogP contribution in [0, 0.1) is 5.41 Å². The van der Waals surface area contributed by atoms with Crippen LogP contribution in [0.2, 0.25) is 0 Å². The topological polar surface area (TPSA) is 29.5 Å². The van der Waals surface area contributed by atoms with Crippen molar-refractivity contribution in [3.63, 3.8) is 0 Å². The SMILES string of the molecule is CCN(CCc1cccs1)C1CCc2c(cccc2OC(=O)C(C)(C)C)C1. The standard InChI is InChI=1S/C23H31NO2S/c1-5-24(14-13-19-9-7-15-27-19)18-11-12-20-17(16-18)8-6-10-21(20)26-22(25)23(2,3)4/h6-10,15,18H,5,11-14,16H2,1-4H3. The van der Waals surface area contributed by atoms with Crippen LogP contribution in [0.5, 0.6) is 5.75 Å². The zero-order valence-corrected chi connectivity index (χ0v) is 17.8. The highest BCUT2D eigenvalue weighted by molar-refractivity contribution is 7.09. The number of hydrogen-bond donors (Lipinski definition) is 0. The summed E-state index contributed by atoms with van der Waals surface area (Å²) in [6, 6.07) is 11.1. The van der Waals surface area contributed by atoms with Crippen LogP contribution in [-0.2, 0) is 24.1 Å². The van der Waals surface area contributed by atoms with Crippen LogP contribution in [0.1, 0.15) is 50.1 Å². The van der Waals surface area contributed by atoms with E-state index in [9.17, 15) is 4.79 Å². The van der Waals surface area contributed by atoms with Crippen LogP contribution >= 0.6 is 11.3 Å². The van der Waals surface area contributed by atoms with E-state index in [-0.39, 0.29) is 5.97 Å². The number of benzene rings is 1. The molecule has 3 rings (SSSR count). The lowest BCUT2D eigenvalue weighted by Crippen LogP contribution is -2.40. The molecule has 1 aliphatic carbocycles. The van der Waals surface area contributed by atoms with Gasteiger partial charge in [-0.25, -0.2) is 0 Å². The lowest BCUT2D eigenvalue weighted by Gasteiger charge is -2.35. The number of carbonyl (C=O) groups excluding carboxylic acids is 1. The second kappa shape index (κ2) is 8.57. The number of thiophene rings is 1. The number of carbonyl (C=O) groups is 1. The highest BCUT2D eigenvalue weighted by atomic mass is 32.1.